The van der Waals surface area contributed by atoms with Gasteiger partial charge in [-0.1, -0.05) is 35.9 Å². The van der Waals surface area contributed by atoms with E-state index in [2.05, 4.69) is 40.6 Å². The maximum Gasteiger partial charge on any atom is 0.133 e. The van der Waals surface area contributed by atoms with Crippen molar-refractivity contribution in [2.24, 2.45) is 0 Å². The SMILES string of the molecule is Clc1ccc(Nc2ncccc2CCSc2ccccc2)cc1. The number of aryl methyl sites for hydroxylation is 1. The first-order chi connectivity index (χ1) is 11.3. The minimum absolute atomic E-state index is 0.732. The van der Waals surface area contributed by atoms with E-state index in [1.807, 2.05) is 54.4 Å². The van der Waals surface area contributed by atoms with Gasteiger partial charge in [0.05, 0.1) is 0 Å². The Morgan fingerprint density at radius 3 is 2.48 bits per heavy atom. The van der Waals surface area contributed by atoms with Crippen LogP contribution < -0.4 is 5.32 Å². The van der Waals surface area contributed by atoms with Gasteiger partial charge in [0.2, 0.25) is 0 Å². The van der Waals surface area contributed by atoms with Gasteiger partial charge >= 0.3 is 0 Å². The average molecular weight is 341 g/mol. The summed E-state index contributed by atoms with van der Waals surface area (Å²) in [6.07, 6.45) is 2.77. The first-order valence-electron chi connectivity index (χ1n) is 7.45. The fourth-order valence-electron chi connectivity index (χ4n) is 2.22. The Morgan fingerprint density at radius 2 is 1.70 bits per heavy atom. The minimum atomic E-state index is 0.732. The Balaban J connectivity index is 1.64. The van der Waals surface area contributed by atoms with Crippen LogP contribution in [-0.4, -0.2) is 10.7 Å². The molecule has 0 bridgehead atoms. The van der Waals surface area contributed by atoms with E-state index in [0.29, 0.717) is 0 Å². The van der Waals surface area contributed by atoms with Crippen molar-refractivity contribution >= 4 is 34.9 Å². The third kappa shape index (κ3) is 4.75. The van der Waals surface area contributed by atoms with E-state index in [-0.39, 0.29) is 0 Å². The van der Waals surface area contributed by atoms with E-state index in [9.17, 15) is 0 Å². The molecule has 2 nitrogen and oxygen atoms in total. The lowest BCUT2D eigenvalue weighted by atomic mass is 10.2. The highest BCUT2D eigenvalue weighted by molar-refractivity contribution is 7.99. The number of rotatable bonds is 6. The number of hydrogen-bond acceptors (Lipinski definition) is 3. The van der Waals surface area contributed by atoms with Crippen molar-refractivity contribution in [2.75, 3.05) is 11.1 Å². The van der Waals surface area contributed by atoms with E-state index < -0.39 is 0 Å². The van der Waals surface area contributed by atoms with Gasteiger partial charge in [-0.3, -0.25) is 0 Å². The molecule has 0 aliphatic rings. The van der Waals surface area contributed by atoms with Crippen molar-refractivity contribution in [1.29, 1.82) is 0 Å². The lowest BCUT2D eigenvalue weighted by Crippen LogP contribution is -2.00. The summed E-state index contributed by atoms with van der Waals surface area (Å²) in [5.74, 6) is 1.92. The van der Waals surface area contributed by atoms with Crippen LogP contribution >= 0.6 is 23.4 Å². The highest BCUT2D eigenvalue weighted by Gasteiger charge is 2.04. The summed E-state index contributed by atoms with van der Waals surface area (Å²) >= 11 is 7.79. The zero-order chi connectivity index (χ0) is 15.9. The van der Waals surface area contributed by atoms with Crippen LogP contribution in [0.3, 0.4) is 0 Å². The molecule has 0 unspecified atom stereocenters. The number of nitrogens with zero attached hydrogens (tertiary/aromatic N) is 1. The normalized spacial score (nSPS) is 10.5. The van der Waals surface area contributed by atoms with Gasteiger partial charge in [-0.25, -0.2) is 4.98 Å². The molecule has 2 aromatic carbocycles. The van der Waals surface area contributed by atoms with Gasteiger partial charge in [0, 0.05) is 27.6 Å². The molecule has 23 heavy (non-hydrogen) atoms. The Morgan fingerprint density at radius 1 is 0.913 bits per heavy atom. The Kier molecular flexibility index (Phi) is 5.56. The number of nitrogens with one attached hydrogen (secondary N) is 1. The maximum absolute atomic E-state index is 5.93. The third-order valence-corrected chi connectivity index (χ3v) is 4.65. The number of pyridine rings is 1. The summed E-state index contributed by atoms with van der Waals surface area (Å²) in [5.41, 5.74) is 2.20. The molecule has 0 aliphatic carbocycles. The first kappa shape index (κ1) is 15.9. The summed E-state index contributed by atoms with van der Waals surface area (Å²) in [7, 11) is 0. The van der Waals surface area contributed by atoms with E-state index in [0.717, 1.165) is 28.7 Å². The van der Waals surface area contributed by atoms with Crippen LogP contribution in [0.4, 0.5) is 11.5 Å². The Labute approximate surface area is 145 Å². The fourth-order valence-corrected chi connectivity index (χ4v) is 3.25. The second-order valence-electron chi connectivity index (χ2n) is 5.05. The topological polar surface area (TPSA) is 24.9 Å². The summed E-state index contributed by atoms with van der Waals surface area (Å²) in [6, 6.07) is 22.2. The number of benzene rings is 2. The van der Waals surface area contributed by atoms with Gasteiger partial charge in [-0.2, -0.15) is 0 Å². The van der Waals surface area contributed by atoms with Gasteiger partial charge in [0.1, 0.15) is 5.82 Å². The highest BCUT2D eigenvalue weighted by atomic mass is 35.5. The quantitative estimate of drug-likeness (QED) is 0.573. The van der Waals surface area contributed by atoms with Gasteiger partial charge < -0.3 is 5.32 Å². The molecule has 0 aliphatic heterocycles. The molecular weight excluding hydrogens is 324 g/mol. The Hall–Kier alpha value is -1.97. The average Bonchev–Trinajstić information content (AvgIpc) is 2.59. The molecule has 1 aromatic heterocycles. The van der Waals surface area contributed by atoms with E-state index >= 15 is 0 Å². The smallest absolute Gasteiger partial charge is 0.133 e. The van der Waals surface area contributed by atoms with Crippen LogP contribution in [0.5, 0.6) is 0 Å². The standard InChI is InChI=1S/C19H17ClN2S/c20-16-8-10-17(11-9-16)22-19-15(5-4-13-21-19)12-14-23-18-6-2-1-3-7-18/h1-11,13H,12,14H2,(H,21,22). The van der Waals surface area contributed by atoms with Crippen LogP contribution in [0.25, 0.3) is 0 Å². The molecular formula is C19H17ClN2S. The maximum atomic E-state index is 5.93. The van der Waals surface area contributed by atoms with Crippen LogP contribution in [-0.2, 0) is 6.42 Å². The van der Waals surface area contributed by atoms with Crippen molar-refractivity contribution in [1.82, 2.24) is 4.98 Å². The molecule has 0 saturated carbocycles. The third-order valence-electron chi connectivity index (χ3n) is 3.38. The van der Waals surface area contributed by atoms with Crippen molar-refractivity contribution in [2.45, 2.75) is 11.3 Å². The predicted molar refractivity (Wildman–Crippen MR) is 99.8 cm³/mol. The highest BCUT2D eigenvalue weighted by Crippen LogP contribution is 2.23. The molecule has 0 saturated heterocycles. The van der Waals surface area contributed by atoms with E-state index in [4.69, 9.17) is 11.6 Å². The minimum Gasteiger partial charge on any atom is -0.340 e. The van der Waals surface area contributed by atoms with Crippen LogP contribution in [0, 0.1) is 0 Å². The summed E-state index contributed by atoms with van der Waals surface area (Å²) < 4.78 is 0. The van der Waals surface area contributed by atoms with E-state index in [1.54, 1.807) is 0 Å². The molecule has 1 heterocycles. The molecule has 0 amide bonds. The Bertz CT molecular complexity index is 745. The zero-order valence-corrected chi connectivity index (χ0v) is 14.1. The lowest BCUT2D eigenvalue weighted by Gasteiger charge is -2.11. The molecule has 0 atom stereocenters. The largest absolute Gasteiger partial charge is 0.340 e. The lowest BCUT2D eigenvalue weighted by molar-refractivity contribution is 1.12. The zero-order valence-electron chi connectivity index (χ0n) is 12.6. The molecule has 1 N–H and O–H groups in total. The molecule has 4 heteroatoms. The van der Waals surface area contributed by atoms with Crippen LogP contribution in [0.2, 0.25) is 5.02 Å². The van der Waals surface area contributed by atoms with Crippen molar-refractivity contribution in [3.8, 4) is 0 Å². The summed E-state index contributed by atoms with van der Waals surface area (Å²) in [6.45, 7) is 0. The molecule has 3 aromatic rings. The van der Waals surface area contributed by atoms with Gasteiger partial charge in [0.25, 0.3) is 0 Å². The van der Waals surface area contributed by atoms with Crippen molar-refractivity contribution in [3.05, 3.63) is 83.5 Å². The molecule has 0 radical (unpaired) electrons. The van der Waals surface area contributed by atoms with Crippen LogP contribution in [0.1, 0.15) is 5.56 Å². The number of aromatic nitrogens is 1. The van der Waals surface area contributed by atoms with Gasteiger partial charge in [-0.05, 0) is 54.4 Å². The first-order valence-corrected chi connectivity index (χ1v) is 8.82. The molecule has 116 valence electrons. The monoisotopic (exact) mass is 340 g/mol. The molecule has 0 fully saturated rings. The molecule has 0 spiro atoms. The number of anilines is 2. The summed E-state index contributed by atoms with van der Waals surface area (Å²) in [4.78, 5) is 5.76. The van der Waals surface area contributed by atoms with Crippen molar-refractivity contribution in [3.63, 3.8) is 0 Å². The number of halogens is 1. The number of hydrogen-bond donors (Lipinski definition) is 1. The van der Waals surface area contributed by atoms with Gasteiger partial charge in [0.15, 0.2) is 0 Å². The van der Waals surface area contributed by atoms with E-state index in [1.165, 1.54) is 10.5 Å². The predicted octanol–water partition coefficient (Wildman–Crippen LogP) is 5.81. The van der Waals surface area contributed by atoms with Crippen molar-refractivity contribution < 1.29 is 0 Å². The van der Waals surface area contributed by atoms with Gasteiger partial charge in [-0.15, -0.1) is 11.8 Å². The fraction of sp³-hybridized carbons (Fsp3) is 0.105. The second-order valence-corrected chi connectivity index (χ2v) is 6.66. The second kappa shape index (κ2) is 8.04. The number of thioether (sulfide) groups is 1. The van der Waals surface area contributed by atoms with Crippen LogP contribution in [0.15, 0.2) is 77.8 Å². The summed E-state index contributed by atoms with van der Waals surface area (Å²) in [5, 5.41) is 4.10. The molecule has 3 rings (SSSR count).